The number of fused-ring (bicyclic) bond motifs is 1. The molecule has 3 rings (SSSR count). The maximum absolute atomic E-state index is 6.00. The van der Waals surface area contributed by atoms with Gasteiger partial charge in [-0.25, -0.2) is 4.98 Å². The molecule has 0 unspecified atom stereocenters. The maximum atomic E-state index is 6.00. The number of hydrogen-bond acceptors (Lipinski definition) is 2. The molecule has 0 atom stereocenters. The third-order valence-corrected chi connectivity index (χ3v) is 3.83. The first-order valence-electron chi connectivity index (χ1n) is 7.10. The molecule has 102 valence electrons. The molecule has 2 heterocycles. The van der Waals surface area contributed by atoms with Gasteiger partial charge in [0.05, 0.1) is 10.7 Å². The molecule has 2 aromatic heterocycles. The van der Waals surface area contributed by atoms with Crippen LogP contribution in [0.3, 0.4) is 0 Å². The summed E-state index contributed by atoms with van der Waals surface area (Å²) in [5.74, 6) is 0.929. The van der Waals surface area contributed by atoms with Crippen LogP contribution in [0.2, 0.25) is 5.02 Å². The van der Waals surface area contributed by atoms with Crippen molar-refractivity contribution < 1.29 is 0 Å². The van der Waals surface area contributed by atoms with E-state index in [9.17, 15) is 0 Å². The van der Waals surface area contributed by atoms with Crippen LogP contribution in [0.4, 0.5) is 0 Å². The highest BCUT2D eigenvalue weighted by atomic mass is 35.5. The lowest BCUT2D eigenvalue weighted by atomic mass is 10.3. The fourth-order valence-corrected chi connectivity index (χ4v) is 2.71. The number of aromatic nitrogens is 2. The van der Waals surface area contributed by atoms with Gasteiger partial charge in [0.15, 0.2) is 0 Å². The predicted octanol–water partition coefficient (Wildman–Crippen LogP) is 3.61. The third-order valence-electron chi connectivity index (χ3n) is 3.60. The smallest absolute Gasteiger partial charge is 0.137 e. The average molecular weight is 278 g/mol. The molecule has 0 aromatic carbocycles. The van der Waals surface area contributed by atoms with E-state index in [0.717, 1.165) is 35.4 Å². The minimum Gasteiger partial charge on any atom is -0.305 e. The van der Waals surface area contributed by atoms with Crippen molar-refractivity contribution >= 4 is 17.2 Å². The third kappa shape index (κ3) is 3.28. The van der Waals surface area contributed by atoms with Gasteiger partial charge in [0.25, 0.3) is 0 Å². The monoisotopic (exact) mass is 277 g/mol. The number of halogens is 1. The van der Waals surface area contributed by atoms with Crippen molar-refractivity contribution in [2.75, 3.05) is 13.1 Å². The minimum atomic E-state index is 0.750. The summed E-state index contributed by atoms with van der Waals surface area (Å²) in [4.78, 5) is 7.20. The van der Waals surface area contributed by atoms with Gasteiger partial charge in [0, 0.05) is 25.5 Å². The van der Waals surface area contributed by atoms with Gasteiger partial charge >= 0.3 is 0 Å². The second kappa shape index (κ2) is 5.51. The zero-order valence-electron chi connectivity index (χ0n) is 11.3. The van der Waals surface area contributed by atoms with Gasteiger partial charge in [0.1, 0.15) is 5.65 Å². The van der Waals surface area contributed by atoms with E-state index in [1.165, 1.54) is 25.8 Å². The van der Waals surface area contributed by atoms with Crippen molar-refractivity contribution in [1.29, 1.82) is 0 Å². The quantitative estimate of drug-likeness (QED) is 0.804. The molecule has 0 saturated heterocycles. The van der Waals surface area contributed by atoms with Gasteiger partial charge in [0.2, 0.25) is 0 Å². The first-order valence-corrected chi connectivity index (χ1v) is 7.48. The number of pyridine rings is 1. The number of rotatable bonds is 6. The van der Waals surface area contributed by atoms with Gasteiger partial charge in [-0.15, -0.1) is 0 Å². The van der Waals surface area contributed by atoms with Crippen LogP contribution in [-0.4, -0.2) is 27.4 Å². The van der Waals surface area contributed by atoms with E-state index in [0.29, 0.717) is 0 Å². The van der Waals surface area contributed by atoms with Gasteiger partial charge in [-0.05, 0) is 43.9 Å². The van der Waals surface area contributed by atoms with E-state index >= 15 is 0 Å². The van der Waals surface area contributed by atoms with Crippen LogP contribution in [0.1, 0.15) is 31.9 Å². The molecular formula is C15H20ClN3. The van der Waals surface area contributed by atoms with Gasteiger partial charge < -0.3 is 4.40 Å². The molecule has 1 aliphatic rings. The van der Waals surface area contributed by atoms with E-state index < -0.39 is 0 Å². The summed E-state index contributed by atoms with van der Waals surface area (Å²) < 4.78 is 2.01. The standard InChI is InChI=1S/C15H20ClN3/c1-2-7-18(8-12-3-4-12)10-14-11-19-9-13(16)5-6-15(19)17-14/h5-6,9,11-12H,2-4,7-8,10H2,1H3. The summed E-state index contributed by atoms with van der Waals surface area (Å²) >= 11 is 6.00. The zero-order valence-corrected chi connectivity index (χ0v) is 12.1. The van der Waals surface area contributed by atoms with Crippen LogP contribution in [-0.2, 0) is 6.54 Å². The van der Waals surface area contributed by atoms with Crippen molar-refractivity contribution in [2.24, 2.45) is 5.92 Å². The van der Waals surface area contributed by atoms with E-state index in [-0.39, 0.29) is 0 Å². The fraction of sp³-hybridized carbons (Fsp3) is 0.533. The second-order valence-corrected chi connectivity index (χ2v) is 5.96. The summed E-state index contributed by atoms with van der Waals surface area (Å²) in [5.41, 5.74) is 2.11. The Kier molecular flexibility index (Phi) is 3.76. The molecule has 2 aromatic rings. The molecule has 1 saturated carbocycles. The van der Waals surface area contributed by atoms with E-state index in [1.807, 2.05) is 22.7 Å². The van der Waals surface area contributed by atoms with Crippen LogP contribution < -0.4 is 0 Å². The average Bonchev–Trinajstić information content (AvgIpc) is 3.08. The summed E-state index contributed by atoms with van der Waals surface area (Å²) in [7, 11) is 0. The highest BCUT2D eigenvalue weighted by Gasteiger charge is 2.24. The molecule has 1 aliphatic carbocycles. The lowest BCUT2D eigenvalue weighted by Crippen LogP contribution is -2.26. The number of nitrogens with zero attached hydrogens (tertiary/aromatic N) is 3. The summed E-state index contributed by atoms with van der Waals surface area (Å²) in [6, 6.07) is 3.86. The molecule has 3 nitrogen and oxygen atoms in total. The van der Waals surface area contributed by atoms with Crippen LogP contribution in [0.15, 0.2) is 24.5 Å². The fourth-order valence-electron chi connectivity index (χ4n) is 2.54. The lowest BCUT2D eigenvalue weighted by Gasteiger charge is -2.20. The number of hydrogen-bond donors (Lipinski definition) is 0. The Balaban J connectivity index is 1.74. The number of imidazole rings is 1. The van der Waals surface area contributed by atoms with Crippen molar-refractivity contribution in [3.8, 4) is 0 Å². The Labute approximate surface area is 119 Å². The summed E-state index contributed by atoms with van der Waals surface area (Å²) in [6.07, 6.45) is 8.02. The van der Waals surface area contributed by atoms with Gasteiger partial charge in [-0.1, -0.05) is 18.5 Å². The first kappa shape index (κ1) is 12.9. The molecule has 19 heavy (non-hydrogen) atoms. The summed E-state index contributed by atoms with van der Waals surface area (Å²) in [6.45, 7) is 5.57. The van der Waals surface area contributed by atoms with Crippen molar-refractivity contribution in [1.82, 2.24) is 14.3 Å². The minimum absolute atomic E-state index is 0.750. The Morgan fingerprint density at radius 3 is 2.95 bits per heavy atom. The van der Waals surface area contributed by atoms with E-state index in [1.54, 1.807) is 0 Å². The molecule has 0 spiro atoms. The topological polar surface area (TPSA) is 20.5 Å². The van der Waals surface area contributed by atoms with Crippen LogP contribution in [0.5, 0.6) is 0 Å². The van der Waals surface area contributed by atoms with Crippen molar-refractivity contribution in [3.05, 3.63) is 35.2 Å². The first-order chi connectivity index (χ1) is 9.24. The molecule has 4 heteroatoms. The second-order valence-electron chi connectivity index (χ2n) is 5.52. The molecule has 0 radical (unpaired) electrons. The lowest BCUT2D eigenvalue weighted by molar-refractivity contribution is 0.252. The van der Waals surface area contributed by atoms with Gasteiger partial charge in [-0.2, -0.15) is 0 Å². The Morgan fingerprint density at radius 1 is 1.37 bits per heavy atom. The largest absolute Gasteiger partial charge is 0.305 e. The molecular weight excluding hydrogens is 258 g/mol. The zero-order chi connectivity index (χ0) is 13.2. The van der Waals surface area contributed by atoms with E-state index in [4.69, 9.17) is 11.6 Å². The highest BCUT2D eigenvalue weighted by molar-refractivity contribution is 6.30. The van der Waals surface area contributed by atoms with Crippen molar-refractivity contribution in [3.63, 3.8) is 0 Å². The van der Waals surface area contributed by atoms with E-state index in [2.05, 4.69) is 23.0 Å². The molecule has 0 aliphatic heterocycles. The Morgan fingerprint density at radius 2 is 2.21 bits per heavy atom. The van der Waals surface area contributed by atoms with Crippen LogP contribution >= 0.6 is 11.6 Å². The normalized spacial score (nSPS) is 15.5. The summed E-state index contributed by atoms with van der Waals surface area (Å²) in [5, 5.41) is 0.750. The van der Waals surface area contributed by atoms with Gasteiger partial charge in [-0.3, -0.25) is 4.90 Å². The Hall–Kier alpha value is -1.06. The molecule has 0 bridgehead atoms. The highest BCUT2D eigenvalue weighted by Crippen LogP contribution is 2.30. The predicted molar refractivity (Wildman–Crippen MR) is 78.5 cm³/mol. The maximum Gasteiger partial charge on any atom is 0.137 e. The SMILES string of the molecule is CCCN(Cc1cn2cc(Cl)ccc2n1)CC1CC1. The Bertz CT molecular complexity index is 560. The molecule has 0 N–H and O–H groups in total. The van der Waals surface area contributed by atoms with Crippen LogP contribution in [0.25, 0.3) is 5.65 Å². The molecule has 1 fully saturated rings. The van der Waals surface area contributed by atoms with Crippen molar-refractivity contribution in [2.45, 2.75) is 32.7 Å². The molecule has 0 amide bonds. The van der Waals surface area contributed by atoms with Crippen LogP contribution in [0, 0.1) is 5.92 Å².